The van der Waals surface area contributed by atoms with Gasteiger partial charge >= 0.3 is 6.18 Å². The van der Waals surface area contributed by atoms with Crippen molar-refractivity contribution in [1.29, 1.82) is 0 Å². The molecule has 0 saturated heterocycles. The molecule has 1 atom stereocenters. The van der Waals surface area contributed by atoms with Gasteiger partial charge in [0.25, 0.3) is 0 Å². The van der Waals surface area contributed by atoms with E-state index in [2.05, 4.69) is 11.9 Å². The number of nitrogens with zero attached hydrogens (tertiary/aromatic N) is 2. The Morgan fingerprint density at radius 3 is 2.38 bits per heavy atom. The van der Waals surface area contributed by atoms with Gasteiger partial charge < -0.3 is 10.0 Å². The number of rotatable bonds is 3. The number of halogens is 3. The van der Waals surface area contributed by atoms with Crippen molar-refractivity contribution < 1.29 is 18.3 Å². The monoisotopic (exact) mass is 322 g/mol. The Labute approximate surface area is 126 Å². The van der Waals surface area contributed by atoms with Gasteiger partial charge in [0.1, 0.15) is 6.10 Å². The van der Waals surface area contributed by atoms with Crippen LogP contribution in [0.1, 0.15) is 48.6 Å². The van der Waals surface area contributed by atoms with Crippen LogP contribution in [0, 0.1) is 5.92 Å². The summed E-state index contributed by atoms with van der Waals surface area (Å²) in [5.74, 6) is 0.595. The van der Waals surface area contributed by atoms with Crippen molar-refractivity contribution in [2.75, 3.05) is 14.1 Å². The first kappa shape index (κ1) is 16.7. The Kier molecular flexibility index (Phi) is 4.66. The lowest BCUT2D eigenvalue weighted by molar-refractivity contribution is -0.137. The molecule has 1 saturated carbocycles. The van der Waals surface area contributed by atoms with E-state index in [-0.39, 0.29) is 0 Å². The van der Waals surface area contributed by atoms with Gasteiger partial charge in [0.05, 0.1) is 10.4 Å². The molecule has 1 fully saturated rings. The Balaban J connectivity index is 2.27. The molecule has 2 rings (SSSR count). The molecule has 1 N–H and O–H groups in total. The molecule has 1 aromatic rings. The molecule has 0 amide bonds. The maximum absolute atomic E-state index is 12.7. The Morgan fingerprint density at radius 2 is 1.95 bits per heavy atom. The molecule has 1 aromatic heterocycles. The number of alkyl halides is 3. The third-order valence-corrected chi connectivity index (χ3v) is 5.67. The molecule has 1 aliphatic rings. The second-order valence-electron chi connectivity index (χ2n) is 6.15. The molecule has 0 spiro atoms. The number of thiazole rings is 1. The molecule has 1 unspecified atom stereocenters. The molecule has 1 heterocycles. The van der Waals surface area contributed by atoms with Crippen molar-refractivity contribution in [3.63, 3.8) is 0 Å². The minimum atomic E-state index is -4.45. The fourth-order valence-corrected chi connectivity index (χ4v) is 3.92. The summed E-state index contributed by atoms with van der Waals surface area (Å²) in [5.41, 5.74) is -0.498. The Morgan fingerprint density at radius 1 is 1.38 bits per heavy atom. The van der Waals surface area contributed by atoms with E-state index in [0.717, 1.165) is 25.7 Å². The molecule has 0 radical (unpaired) electrons. The topological polar surface area (TPSA) is 36.4 Å². The SMILES string of the molecule is CC1CCC(C(O)c2cnc(C(F)(F)F)s2)(N(C)C)CC1. The van der Waals surface area contributed by atoms with E-state index in [1.165, 1.54) is 6.20 Å². The average Bonchev–Trinajstić information content (AvgIpc) is 2.88. The summed E-state index contributed by atoms with van der Waals surface area (Å²) in [6, 6.07) is 0. The van der Waals surface area contributed by atoms with Crippen LogP contribution in [0.3, 0.4) is 0 Å². The number of aliphatic hydroxyl groups excluding tert-OH is 1. The predicted molar refractivity (Wildman–Crippen MR) is 76.1 cm³/mol. The number of likely N-dealkylation sites (N-methyl/N-ethyl adjacent to an activating group) is 1. The average molecular weight is 322 g/mol. The van der Waals surface area contributed by atoms with E-state index >= 15 is 0 Å². The van der Waals surface area contributed by atoms with Crippen LogP contribution in [0.25, 0.3) is 0 Å². The first-order valence-corrected chi connectivity index (χ1v) is 7.87. The van der Waals surface area contributed by atoms with Gasteiger partial charge in [0.2, 0.25) is 0 Å². The predicted octanol–water partition coefficient (Wildman–Crippen LogP) is 3.71. The lowest BCUT2D eigenvalue weighted by atomic mass is 9.73. The van der Waals surface area contributed by atoms with E-state index in [0.29, 0.717) is 22.1 Å². The lowest BCUT2D eigenvalue weighted by Gasteiger charge is -2.47. The second-order valence-corrected chi connectivity index (χ2v) is 7.21. The highest BCUT2D eigenvalue weighted by atomic mass is 32.1. The van der Waals surface area contributed by atoms with Crippen molar-refractivity contribution in [1.82, 2.24) is 9.88 Å². The fourth-order valence-electron chi connectivity index (χ4n) is 3.04. The largest absolute Gasteiger partial charge is 0.443 e. The zero-order chi connectivity index (χ0) is 15.8. The van der Waals surface area contributed by atoms with Gasteiger partial charge in [-0.1, -0.05) is 6.92 Å². The molecule has 0 aromatic carbocycles. The Hall–Kier alpha value is -0.660. The zero-order valence-electron chi connectivity index (χ0n) is 12.4. The summed E-state index contributed by atoms with van der Waals surface area (Å²) in [5, 5.41) is 9.80. The number of aliphatic hydroxyl groups is 1. The first-order chi connectivity index (χ1) is 9.67. The van der Waals surface area contributed by atoms with Crippen LogP contribution in [0.5, 0.6) is 0 Å². The summed E-state index contributed by atoms with van der Waals surface area (Å²) in [6.07, 6.45) is -0.714. The minimum Gasteiger partial charge on any atom is -0.386 e. The maximum Gasteiger partial charge on any atom is 0.443 e. The Bertz CT molecular complexity index is 479. The summed E-state index contributed by atoms with van der Waals surface area (Å²) in [6.45, 7) is 2.17. The van der Waals surface area contributed by atoms with Gasteiger partial charge in [-0.3, -0.25) is 0 Å². The van der Waals surface area contributed by atoms with Crippen molar-refractivity contribution in [2.24, 2.45) is 5.92 Å². The van der Waals surface area contributed by atoms with Crippen LogP contribution in [-0.2, 0) is 6.18 Å². The van der Waals surface area contributed by atoms with Crippen molar-refractivity contribution in [2.45, 2.75) is 50.4 Å². The summed E-state index contributed by atoms with van der Waals surface area (Å²) in [7, 11) is 3.76. The maximum atomic E-state index is 12.7. The molecule has 0 aliphatic heterocycles. The van der Waals surface area contributed by atoms with Gasteiger partial charge in [-0.25, -0.2) is 4.98 Å². The molecule has 21 heavy (non-hydrogen) atoms. The van der Waals surface area contributed by atoms with E-state index in [9.17, 15) is 18.3 Å². The van der Waals surface area contributed by atoms with Gasteiger partial charge in [-0.15, -0.1) is 11.3 Å². The van der Waals surface area contributed by atoms with E-state index in [1.807, 2.05) is 19.0 Å². The third kappa shape index (κ3) is 3.24. The van der Waals surface area contributed by atoms with Crippen LogP contribution in [0.4, 0.5) is 13.2 Å². The number of hydrogen-bond acceptors (Lipinski definition) is 4. The molecule has 0 bridgehead atoms. The molecule has 1 aliphatic carbocycles. The highest BCUT2D eigenvalue weighted by molar-refractivity contribution is 7.11. The van der Waals surface area contributed by atoms with Gasteiger partial charge in [-0.05, 0) is 45.7 Å². The summed E-state index contributed by atoms with van der Waals surface area (Å²) in [4.78, 5) is 5.68. The van der Waals surface area contributed by atoms with E-state index in [4.69, 9.17) is 0 Å². The van der Waals surface area contributed by atoms with Gasteiger partial charge in [0.15, 0.2) is 5.01 Å². The van der Waals surface area contributed by atoms with Crippen LogP contribution < -0.4 is 0 Å². The molecule has 7 heteroatoms. The van der Waals surface area contributed by atoms with Crippen LogP contribution in [0.2, 0.25) is 0 Å². The molecule has 120 valence electrons. The van der Waals surface area contributed by atoms with Gasteiger partial charge in [-0.2, -0.15) is 13.2 Å². The van der Waals surface area contributed by atoms with E-state index < -0.39 is 22.8 Å². The zero-order valence-corrected chi connectivity index (χ0v) is 13.3. The van der Waals surface area contributed by atoms with Crippen molar-refractivity contribution >= 4 is 11.3 Å². The summed E-state index contributed by atoms with van der Waals surface area (Å²) >= 11 is 0.546. The number of aromatic nitrogens is 1. The molecule has 3 nitrogen and oxygen atoms in total. The van der Waals surface area contributed by atoms with Gasteiger partial charge in [0, 0.05) is 6.20 Å². The second kappa shape index (κ2) is 5.85. The van der Waals surface area contributed by atoms with Crippen molar-refractivity contribution in [3.05, 3.63) is 16.1 Å². The quantitative estimate of drug-likeness (QED) is 0.922. The van der Waals surface area contributed by atoms with Crippen LogP contribution >= 0.6 is 11.3 Å². The van der Waals surface area contributed by atoms with E-state index in [1.54, 1.807) is 0 Å². The van der Waals surface area contributed by atoms with Crippen LogP contribution in [0.15, 0.2) is 6.20 Å². The minimum absolute atomic E-state index is 0.297. The smallest absolute Gasteiger partial charge is 0.386 e. The third-order valence-electron chi connectivity index (χ3n) is 4.58. The first-order valence-electron chi connectivity index (χ1n) is 7.05. The van der Waals surface area contributed by atoms with Crippen LogP contribution in [-0.4, -0.2) is 34.6 Å². The highest BCUT2D eigenvalue weighted by Crippen LogP contribution is 2.45. The summed E-state index contributed by atoms with van der Waals surface area (Å²) < 4.78 is 38.0. The lowest BCUT2D eigenvalue weighted by Crippen LogP contribution is -2.51. The molecular weight excluding hydrogens is 301 g/mol. The van der Waals surface area contributed by atoms with Crippen molar-refractivity contribution in [3.8, 4) is 0 Å². The molecular formula is C14H21F3N2OS. The normalized spacial score (nSPS) is 28.9. The standard InChI is InChI=1S/C14H21F3N2OS/c1-9-4-6-13(7-5-9,19(2)3)11(20)10-8-18-12(21-10)14(15,16)17/h8-9,11,20H,4-7H2,1-3H3. The fraction of sp³-hybridized carbons (Fsp3) is 0.786. The highest BCUT2D eigenvalue weighted by Gasteiger charge is 2.45. The number of hydrogen-bond donors (Lipinski definition) is 1.